The molecule has 0 aromatic heterocycles. The van der Waals surface area contributed by atoms with Crippen molar-refractivity contribution in [1.82, 2.24) is 5.32 Å². The van der Waals surface area contributed by atoms with Gasteiger partial charge in [0.25, 0.3) is 15.9 Å². The monoisotopic (exact) mass is 456 g/mol. The van der Waals surface area contributed by atoms with Gasteiger partial charge in [0.05, 0.1) is 17.1 Å². The van der Waals surface area contributed by atoms with Gasteiger partial charge in [0.1, 0.15) is 0 Å². The molecule has 0 saturated heterocycles. The van der Waals surface area contributed by atoms with Crippen molar-refractivity contribution >= 4 is 21.6 Å². The summed E-state index contributed by atoms with van der Waals surface area (Å²) in [6, 6.07) is 34.0. The van der Waals surface area contributed by atoms with E-state index < -0.39 is 10.0 Å². The molecule has 0 heterocycles. The summed E-state index contributed by atoms with van der Waals surface area (Å²) < 4.78 is 28.4. The Hall–Kier alpha value is -3.90. The molecule has 166 valence electrons. The molecule has 0 fully saturated rings. The number of carbonyl (C=O) groups excluding carboxylic acids is 1. The third-order valence-electron chi connectivity index (χ3n) is 5.19. The molecule has 0 unspecified atom stereocenters. The first-order valence-electron chi connectivity index (χ1n) is 10.6. The van der Waals surface area contributed by atoms with Gasteiger partial charge in [-0.1, -0.05) is 84.9 Å². The SMILES string of the molecule is O=C(NCc1ccccc1)c1cccc(N(Cc2ccccc2)S(=O)(=O)c2ccccc2)c1. The number of anilines is 1. The first kappa shape index (κ1) is 22.3. The van der Waals surface area contributed by atoms with E-state index in [0.717, 1.165) is 11.1 Å². The van der Waals surface area contributed by atoms with E-state index in [9.17, 15) is 13.2 Å². The Morgan fingerprint density at radius 3 is 1.91 bits per heavy atom. The first-order valence-corrected chi connectivity index (χ1v) is 12.0. The van der Waals surface area contributed by atoms with E-state index in [4.69, 9.17) is 0 Å². The molecule has 0 radical (unpaired) electrons. The van der Waals surface area contributed by atoms with Crippen LogP contribution < -0.4 is 9.62 Å². The predicted octanol–water partition coefficient (Wildman–Crippen LogP) is 5.01. The Labute approximate surface area is 194 Å². The Morgan fingerprint density at radius 2 is 1.27 bits per heavy atom. The number of nitrogens with one attached hydrogen (secondary N) is 1. The van der Waals surface area contributed by atoms with Crippen molar-refractivity contribution in [2.45, 2.75) is 18.0 Å². The normalized spacial score (nSPS) is 11.0. The Bertz CT molecular complexity index is 1310. The maximum atomic E-state index is 13.6. The number of hydrogen-bond acceptors (Lipinski definition) is 3. The van der Waals surface area contributed by atoms with Crippen LogP contribution in [0.3, 0.4) is 0 Å². The van der Waals surface area contributed by atoms with Crippen LogP contribution in [0.5, 0.6) is 0 Å². The second-order valence-electron chi connectivity index (χ2n) is 7.53. The minimum Gasteiger partial charge on any atom is -0.348 e. The number of amides is 1. The summed E-state index contributed by atoms with van der Waals surface area (Å²) in [5.74, 6) is -0.266. The van der Waals surface area contributed by atoms with Crippen LogP contribution in [0.1, 0.15) is 21.5 Å². The van der Waals surface area contributed by atoms with E-state index in [1.165, 1.54) is 4.31 Å². The topological polar surface area (TPSA) is 66.5 Å². The zero-order chi connectivity index (χ0) is 23.1. The van der Waals surface area contributed by atoms with Crippen LogP contribution in [0.4, 0.5) is 5.69 Å². The molecule has 0 bridgehead atoms. The molecule has 33 heavy (non-hydrogen) atoms. The van der Waals surface area contributed by atoms with Crippen LogP contribution in [0, 0.1) is 0 Å². The number of nitrogens with zero attached hydrogens (tertiary/aromatic N) is 1. The second kappa shape index (κ2) is 10.1. The highest BCUT2D eigenvalue weighted by atomic mass is 32.2. The van der Waals surface area contributed by atoms with Crippen molar-refractivity contribution < 1.29 is 13.2 Å². The van der Waals surface area contributed by atoms with Crippen molar-refractivity contribution in [3.8, 4) is 0 Å². The molecule has 0 aliphatic rings. The quantitative estimate of drug-likeness (QED) is 0.405. The summed E-state index contributed by atoms with van der Waals surface area (Å²) in [7, 11) is -3.85. The molecule has 6 heteroatoms. The van der Waals surface area contributed by atoms with E-state index >= 15 is 0 Å². The van der Waals surface area contributed by atoms with E-state index in [1.807, 2.05) is 60.7 Å². The number of sulfonamides is 1. The van der Waals surface area contributed by atoms with E-state index in [0.29, 0.717) is 17.8 Å². The molecule has 0 spiro atoms. The van der Waals surface area contributed by atoms with Gasteiger partial charge < -0.3 is 5.32 Å². The number of rotatable bonds is 8. The lowest BCUT2D eigenvalue weighted by molar-refractivity contribution is 0.0951. The van der Waals surface area contributed by atoms with Crippen molar-refractivity contribution in [3.05, 3.63) is 132 Å². The lowest BCUT2D eigenvalue weighted by Crippen LogP contribution is -2.31. The summed E-state index contributed by atoms with van der Waals surface area (Å²) in [5.41, 5.74) is 2.65. The highest BCUT2D eigenvalue weighted by Crippen LogP contribution is 2.27. The van der Waals surface area contributed by atoms with Crippen molar-refractivity contribution in [2.75, 3.05) is 4.31 Å². The minimum absolute atomic E-state index is 0.146. The van der Waals surface area contributed by atoms with Crippen LogP contribution in [-0.4, -0.2) is 14.3 Å². The zero-order valence-corrected chi connectivity index (χ0v) is 18.8. The van der Waals surface area contributed by atoms with Crippen molar-refractivity contribution in [2.24, 2.45) is 0 Å². The molecule has 0 atom stereocenters. The van der Waals surface area contributed by atoms with Gasteiger partial charge in [-0.2, -0.15) is 0 Å². The molecular formula is C27H24N2O3S. The maximum Gasteiger partial charge on any atom is 0.264 e. The van der Waals surface area contributed by atoms with Gasteiger partial charge in [-0.15, -0.1) is 0 Å². The summed E-state index contributed by atoms with van der Waals surface area (Å²) in [6.45, 7) is 0.535. The molecular weight excluding hydrogens is 432 g/mol. The molecule has 1 N–H and O–H groups in total. The number of carbonyl (C=O) groups is 1. The predicted molar refractivity (Wildman–Crippen MR) is 130 cm³/mol. The van der Waals surface area contributed by atoms with Gasteiger partial charge in [0.2, 0.25) is 0 Å². The molecule has 0 aliphatic heterocycles. The van der Waals surface area contributed by atoms with E-state index in [-0.39, 0.29) is 17.3 Å². The van der Waals surface area contributed by atoms with Crippen molar-refractivity contribution in [1.29, 1.82) is 0 Å². The van der Waals surface area contributed by atoms with E-state index in [2.05, 4.69) is 5.32 Å². The average Bonchev–Trinajstić information content (AvgIpc) is 2.87. The van der Waals surface area contributed by atoms with Crippen LogP contribution in [0.2, 0.25) is 0 Å². The van der Waals surface area contributed by atoms with Gasteiger partial charge in [-0.25, -0.2) is 8.42 Å². The summed E-state index contributed by atoms with van der Waals surface area (Å²) in [4.78, 5) is 13.0. The van der Waals surface area contributed by atoms with Gasteiger partial charge in [0.15, 0.2) is 0 Å². The molecule has 1 amide bonds. The van der Waals surface area contributed by atoms with Crippen LogP contribution in [0.25, 0.3) is 0 Å². The molecule has 4 rings (SSSR count). The number of hydrogen-bond donors (Lipinski definition) is 1. The highest BCUT2D eigenvalue weighted by Gasteiger charge is 2.25. The maximum absolute atomic E-state index is 13.6. The fourth-order valence-corrected chi connectivity index (χ4v) is 4.93. The third-order valence-corrected chi connectivity index (χ3v) is 6.98. The Morgan fingerprint density at radius 1 is 0.697 bits per heavy atom. The molecule has 4 aromatic carbocycles. The molecule has 0 saturated carbocycles. The zero-order valence-electron chi connectivity index (χ0n) is 18.0. The van der Waals surface area contributed by atoms with Crippen LogP contribution in [-0.2, 0) is 23.1 Å². The minimum atomic E-state index is -3.85. The number of benzene rings is 4. The van der Waals surface area contributed by atoms with Gasteiger partial charge in [-0.3, -0.25) is 9.10 Å². The average molecular weight is 457 g/mol. The van der Waals surface area contributed by atoms with Crippen LogP contribution in [0.15, 0.2) is 120 Å². The van der Waals surface area contributed by atoms with Gasteiger partial charge in [0, 0.05) is 12.1 Å². The molecule has 0 aliphatic carbocycles. The van der Waals surface area contributed by atoms with Crippen molar-refractivity contribution in [3.63, 3.8) is 0 Å². The largest absolute Gasteiger partial charge is 0.348 e. The third kappa shape index (κ3) is 5.48. The lowest BCUT2D eigenvalue weighted by Gasteiger charge is -2.25. The summed E-state index contributed by atoms with van der Waals surface area (Å²) in [6.07, 6.45) is 0. The Kier molecular flexibility index (Phi) is 6.86. The van der Waals surface area contributed by atoms with Gasteiger partial charge in [-0.05, 0) is 41.5 Å². The van der Waals surface area contributed by atoms with Gasteiger partial charge >= 0.3 is 0 Å². The Balaban J connectivity index is 1.65. The summed E-state index contributed by atoms with van der Waals surface area (Å²) >= 11 is 0. The van der Waals surface area contributed by atoms with E-state index in [1.54, 1.807) is 54.6 Å². The first-order chi connectivity index (χ1) is 16.0. The fourth-order valence-electron chi connectivity index (χ4n) is 3.47. The van der Waals surface area contributed by atoms with Crippen LogP contribution >= 0.6 is 0 Å². The molecule has 4 aromatic rings. The second-order valence-corrected chi connectivity index (χ2v) is 9.39. The summed E-state index contributed by atoms with van der Waals surface area (Å²) in [5, 5.41) is 2.89. The smallest absolute Gasteiger partial charge is 0.264 e. The highest BCUT2D eigenvalue weighted by molar-refractivity contribution is 7.92. The standard InChI is InChI=1S/C27H24N2O3S/c30-27(28-20-22-11-4-1-5-12-22)24-15-10-16-25(19-24)29(21-23-13-6-2-7-14-23)33(31,32)26-17-8-3-9-18-26/h1-19H,20-21H2,(H,28,30). The lowest BCUT2D eigenvalue weighted by atomic mass is 10.1. The molecule has 5 nitrogen and oxygen atoms in total. The fraction of sp³-hybridized carbons (Fsp3) is 0.0741.